The van der Waals surface area contributed by atoms with Gasteiger partial charge in [0.05, 0.1) is 5.56 Å². The summed E-state index contributed by atoms with van der Waals surface area (Å²) in [5.74, 6) is 0.564. The highest BCUT2D eigenvalue weighted by atomic mass is 16.5. The molecular weight excluding hydrogens is 230 g/mol. The molecule has 0 bridgehead atoms. The van der Waals surface area contributed by atoms with Crippen LogP contribution in [0.2, 0.25) is 0 Å². The van der Waals surface area contributed by atoms with Crippen LogP contribution in [0.4, 0.5) is 0 Å². The highest BCUT2D eigenvalue weighted by Gasteiger charge is 2.16. The molecule has 0 saturated heterocycles. The van der Waals surface area contributed by atoms with Crippen LogP contribution in [0.25, 0.3) is 11.0 Å². The average Bonchev–Trinajstić information content (AvgIpc) is 2.70. The first-order valence-electron chi connectivity index (χ1n) is 5.99. The van der Waals surface area contributed by atoms with Crippen molar-refractivity contribution in [2.75, 3.05) is 20.3 Å². The molecule has 4 heteroatoms. The van der Waals surface area contributed by atoms with E-state index in [2.05, 4.69) is 5.32 Å². The number of furan rings is 1. The van der Waals surface area contributed by atoms with Crippen LogP contribution < -0.4 is 5.32 Å². The molecule has 1 aromatic heterocycles. The van der Waals surface area contributed by atoms with E-state index in [0.29, 0.717) is 24.5 Å². The Morgan fingerprint density at radius 3 is 2.94 bits per heavy atom. The van der Waals surface area contributed by atoms with E-state index in [1.807, 2.05) is 31.2 Å². The van der Waals surface area contributed by atoms with E-state index >= 15 is 0 Å². The van der Waals surface area contributed by atoms with E-state index < -0.39 is 0 Å². The number of para-hydroxylation sites is 1. The number of hydrogen-bond acceptors (Lipinski definition) is 3. The molecule has 96 valence electrons. The van der Waals surface area contributed by atoms with Crippen molar-refractivity contribution in [3.05, 3.63) is 35.6 Å². The van der Waals surface area contributed by atoms with E-state index in [1.165, 1.54) is 0 Å². The lowest BCUT2D eigenvalue weighted by Gasteiger charge is -2.04. The SMILES string of the molecule is COCCCNC(=O)c1c(C)oc2ccccc12. The molecular formula is C14H17NO3. The lowest BCUT2D eigenvalue weighted by Crippen LogP contribution is -2.25. The van der Waals surface area contributed by atoms with E-state index in [9.17, 15) is 4.79 Å². The van der Waals surface area contributed by atoms with Gasteiger partial charge in [-0.15, -0.1) is 0 Å². The minimum Gasteiger partial charge on any atom is -0.461 e. The number of carbonyl (C=O) groups excluding carboxylic acids is 1. The molecule has 0 aliphatic carbocycles. The zero-order valence-corrected chi connectivity index (χ0v) is 10.7. The third-order valence-corrected chi connectivity index (χ3v) is 2.81. The highest BCUT2D eigenvalue weighted by molar-refractivity contribution is 6.07. The minimum absolute atomic E-state index is 0.0893. The van der Waals surface area contributed by atoms with Gasteiger partial charge in [-0.25, -0.2) is 0 Å². The average molecular weight is 247 g/mol. The molecule has 0 aliphatic heterocycles. The molecule has 4 nitrogen and oxygen atoms in total. The third-order valence-electron chi connectivity index (χ3n) is 2.81. The smallest absolute Gasteiger partial charge is 0.255 e. The molecule has 1 N–H and O–H groups in total. The summed E-state index contributed by atoms with van der Waals surface area (Å²) in [5.41, 5.74) is 1.38. The summed E-state index contributed by atoms with van der Waals surface area (Å²) in [6, 6.07) is 7.56. The van der Waals surface area contributed by atoms with Gasteiger partial charge in [-0.2, -0.15) is 0 Å². The van der Waals surface area contributed by atoms with Gasteiger partial charge in [-0.3, -0.25) is 4.79 Å². The summed E-state index contributed by atoms with van der Waals surface area (Å²) in [4.78, 5) is 12.1. The first-order chi connectivity index (χ1) is 8.74. The first-order valence-corrected chi connectivity index (χ1v) is 5.99. The van der Waals surface area contributed by atoms with Gasteiger partial charge in [0.25, 0.3) is 5.91 Å². The Balaban J connectivity index is 2.14. The Hall–Kier alpha value is -1.81. The molecule has 18 heavy (non-hydrogen) atoms. The Kier molecular flexibility index (Phi) is 3.99. The third kappa shape index (κ3) is 2.54. The zero-order valence-electron chi connectivity index (χ0n) is 10.7. The molecule has 0 spiro atoms. The quantitative estimate of drug-likeness (QED) is 0.826. The Morgan fingerprint density at radius 2 is 2.17 bits per heavy atom. The molecule has 0 aliphatic rings. The maximum atomic E-state index is 12.1. The summed E-state index contributed by atoms with van der Waals surface area (Å²) in [6.07, 6.45) is 0.803. The second-order valence-corrected chi connectivity index (χ2v) is 4.13. The van der Waals surface area contributed by atoms with Gasteiger partial charge in [-0.05, 0) is 19.4 Å². The van der Waals surface area contributed by atoms with Crippen molar-refractivity contribution in [3.8, 4) is 0 Å². The molecule has 2 aromatic rings. The fraction of sp³-hybridized carbons (Fsp3) is 0.357. The maximum absolute atomic E-state index is 12.1. The lowest BCUT2D eigenvalue weighted by atomic mass is 10.1. The summed E-state index contributed by atoms with van der Waals surface area (Å²) in [6.45, 7) is 3.06. The summed E-state index contributed by atoms with van der Waals surface area (Å²) < 4.78 is 10.5. The molecule has 0 radical (unpaired) electrons. The van der Waals surface area contributed by atoms with Crippen LogP contribution in [0.3, 0.4) is 0 Å². The number of carbonyl (C=O) groups is 1. The van der Waals surface area contributed by atoms with Crippen LogP contribution >= 0.6 is 0 Å². The second kappa shape index (κ2) is 5.69. The Labute approximate surface area is 106 Å². The number of methoxy groups -OCH3 is 1. The van der Waals surface area contributed by atoms with Gasteiger partial charge >= 0.3 is 0 Å². The summed E-state index contributed by atoms with van der Waals surface area (Å²) in [7, 11) is 1.65. The van der Waals surface area contributed by atoms with Crippen molar-refractivity contribution in [2.45, 2.75) is 13.3 Å². The van der Waals surface area contributed by atoms with Crippen LogP contribution in [0.1, 0.15) is 22.5 Å². The van der Waals surface area contributed by atoms with E-state index in [1.54, 1.807) is 7.11 Å². The summed E-state index contributed by atoms with van der Waals surface area (Å²) in [5, 5.41) is 3.73. The van der Waals surface area contributed by atoms with Gasteiger partial charge in [0.1, 0.15) is 11.3 Å². The number of rotatable bonds is 5. The van der Waals surface area contributed by atoms with Gasteiger partial charge in [-0.1, -0.05) is 18.2 Å². The summed E-state index contributed by atoms with van der Waals surface area (Å²) >= 11 is 0. The van der Waals surface area contributed by atoms with Crippen LogP contribution in [0, 0.1) is 6.92 Å². The number of nitrogens with one attached hydrogen (secondary N) is 1. The highest BCUT2D eigenvalue weighted by Crippen LogP contribution is 2.24. The van der Waals surface area contributed by atoms with Gasteiger partial charge in [0.2, 0.25) is 0 Å². The number of amides is 1. The largest absolute Gasteiger partial charge is 0.461 e. The molecule has 1 heterocycles. The number of benzene rings is 1. The van der Waals surface area contributed by atoms with Crippen molar-refractivity contribution >= 4 is 16.9 Å². The maximum Gasteiger partial charge on any atom is 0.255 e. The molecule has 1 aromatic carbocycles. The molecule has 1 amide bonds. The van der Waals surface area contributed by atoms with E-state index in [0.717, 1.165) is 17.4 Å². The van der Waals surface area contributed by atoms with Crippen LogP contribution in [0.15, 0.2) is 28.7 Å². The van der Waals surface area contributed by atoms with Gasteiger partial charge < -0.3 is 14.5 Å². The van der Waals surface area contributed by atoms with E-state index in [-0.39, 0.29) is 5.91 Å². The Morgan fingerprint density at radius 1 is 1.39 bits per heavy atom. The van der Waals surface area contributed by atoms with Crippen LogP contribution in [0.5, 0.6) is 0 Å². The van der Waals surface area contributed by atoms with Gasteiger partial charge in [0.15, 0.2) is 0 Å². The van der Waals surface area contributed by atoms with Crippen LogP contribution in [-0.2, 0) is 4.74 Å². The number of ether oxygens (including phenoxy) is 1. The predicted molar refractivity (Wildman–Crippen MR) is 69.8 cm³/mol. The molecule has 2 rings (SSSR count). The normalized spacial score (nSPS) is 10.8. The van der Waals surface area contributed by atoms with Gasteiger partial charge in [0, 0.05) is 25.6 Å². The monoisotopic (exact) mass is 247 g/mol. The molecule has 0 unspecified atom stereocenters. The van der Waals surface area contributed by atoms with Crippen molar-refractivity contribution in [1.29, 1.82) is 0 Å². The standard InChI is InChI=1S/C14H17NO3/c1-10-13(14(16)15-8-5-9-17-2)11-6-3-4-7-12(11)18-10/h3-4,6-7H,5,8-9H2,1-2H3,(H,15,16). The van der Waals surface area contributed by atoms with Crippen molar-refractivity contribution in [3.63, 3.8) is 0 Å². The zero-order chi connectivity index (χ0) is 13.0. The van der Waals surface area contributed by atoms with Crippen molar-refractivity contribution < 1.29 is 13.9 Å². The lowest BCUT2D eigenvalue weighted by molar-refractivity contribution is 0.0948. The first kappa shape index (κ1) is 12.6. The van der Waals surface area contributed by atoms with Crippen LogP contribution in [-0.4, -0.2) is 26.2 Å². The topological polar surface area (TPSA) is 51.5 Å². The fourth-order valence-corrected chi connectivity index (χ4v) is 1.96. The molecule has 0 saturated carbocycles. The number of hydrogen-bond donors (Lipinski definition) is 1. The number of fused-ring (bicyclic) bond motifs is 1. The minimum atomic E-state index is -0.0893. The second-order valence-electron chi connectivity index (χ2n) is 4.13. The number of aryl methyl sites for hydroxylation is 1. The van der Waals surface area contributed by atoms with Crippen molar-refractivity contribution in [2.24, 2.45) is 0 Å². The van der Waals surface area contributed by atoms with Crippen molar-refractivity contribution in [1.82, 2.24) is 5.32 Å². The van der Waals surface area contributed by atoms with E-state index in [4.69, 9.17) is 9.15 Å². The predicted octanol–water partition coefficient (Wildman–Crippen LogP) is 2.51. The Bertz CT molecular complexity index is 545. The fourth-order valence-electron chi connectivity index (χ4n) is 1.96. The molecule has 0 fully saturated rings. The molecule has 0 atom stereocenters.